The summed E-state index contributed by atoms with van der Waals surface area (Å²) in [4.78, 5) is 15.8. The number of carbonyl (C=O) groups excluding carboxylic acids is 1. The Kier molecular flexibility index (Phi) is 5.26. The van der Waals surface area contributed by atoms with Crippen molar-refractivity contribution in [2.75, 3.05) is 6.54 Å². The summed E-state index contributed by atoms with van der Waals surface area (Å²) < 4.78 is 0. The van der Waals surface area contributed by atoms with Crippen LogP contribution in [0.1, 0.15) is 24.1 Å². The number of nitrogens with zero attached hydrogens (tertiary/aromatic N) is 1. The van der Waals surface area contributed by atoms with Gasteiger partial charge in [-0.25, -0.2) is 0 Å². The van der Waals surface area contributed by atoms with Crippen LogP contribution in [0.15, 0.2) is 54.9 Å². The molecule has 1 heterocycles. The van der Waals surface area contributed by atoms with E-state index < -0.39 is 0 Å². The first-order valence-electron chi connectivity index (χ1n) is 6.69. The Morgan fingerprint density at radius 2 is 2.00 bits per heavy atom. The highest BCUT2D eigenvalue weighted by Gasteiger charge is 2.06. The van der Waals surface area contributed by atoms with Crippen molar-refractivity contribution in [2.45, 2.75) is 19.5 Å². The maximum absolute atomic E-state index is 11.8. The van der Waals surface area contributed by atoms with Crippen molar-refractivity contribution < 1.29 is 4.79 Å². The number of nitrogens with one attached hydrogen (secondary N) is 2. The molecule has 0 aliphatic carbocycles. The molecule has 0 spiro atoms. The maximum Gasteiger partial charge on any atom is 0.234 e. The van der Waals surface area contributed by atoms with Crippen LogP contribution < -0.4 is 10.6 Å². The summed E-state index contributed by atoms with van der Waals surface area (Å²) in [6, 6.07) is 14.0. The molecule has 104 valence electrons. The van der Waals surface area contributed by atoms with Crippen LogP contribution in [0.25, 0.3) is 0 Å². The number of rotatable bonds is 6. The normalized spacial score (nSPS) is 11.8. The predicted octanol–water partition coefficient (Wildman–Crippen LogP) is 2.05. The van der Waals surface area contributed by atoms with Gasteiger partial charge < -0.3 is 10.6 Å². The molecule has 0 saturated carbocycles. The average molecular weight is 269 g/mol. The summed E-state index contributed by atoms with van der Waals surface area (Å²) in [7, 11) is 0. The van der Waals surface area contributed by atoms with Gasteiger partial charge in [-0.2, -0.15) is 0 Å². The molecule has 4 heteroatoms. The Morgan fingerprint density at radius 1 is 1.20 bits per heavy atom. The second-order valence-corrected chi connectivity index (χ2v) is 4.65. The maximum atomic E-state index is 11.8. The highest BCUT2D eigenvalue weighted by Crippen LogP contribution is 2.10. The summed E-state index contributed by atoms with van der Waals surface area (Å²) in [6.07, 6.45) is 3.47. The molecule has 0 aliphatic heterocycles. The van der Waals surface area contributed by atoms with E-state index in [1.807, 2.05) is 49.4 Å². The Labute approximate surface area is 119 Å². The lowest BCUT2D eigenvalue weighted by Gasteiger charge is -2.14. The van der Waals surface area contributed by atoms with Crippen molar-refractivity contribution in [2.24, 2.45) is 0 Å². The van der Waals surface area contributed by atoms with Gasteiger partial charge in [-0.3, -0.25) is 9.78 Å². The second-order valence-electron chi connectivity index (χ2n) is 4.65. The van der Waals surface area contributed by atoms with Crippen LogP contribution in [-0.4, -0.2) is 17.4 Å². The van der Waals surface area contributed by atoms with Gasteiger partial charge in [0, 0.05) is 25.0 Å². The number of hydrogen-bond donors (Lipinski definition) is 2. The standard InChI is InChI=1S/C16H19N3O/c1-13(15-7-3-2-4-8-15)18-12-16(20)19-11-14-6-5-9-17-10-14/h2-10,13,18H,11-12H2,1H3,(H,19,20). The topological polar surface area (TPSA) is 54.0 Å². The van der Waals surface area contributed by atoms with Crippen LogP contribution in [-0.2, 0) is 11.3 Å². The average Bonchev–Trinajstić information content (AvgIpc) is 2.52. The molecule has 1 amide bonds. The zero-order valence-corrected chi connectivity index (χ0v) is 11.5. The quantitative estimate of drug-likeness (QED) is 0.844. The summed E-state index contributed by atoms with van der Waals surface area (Å²) >= 11 is 0. The molecule has 0 radical (unpaired) electrons. The zero-order valence-electron chi connectivity index (χ0n) is 11.5. The Balaban J connectivity index is 1.73. The largest absolute Gasteiger partial charge is 0.351 e. The van der Waals surface area contributed by atoms with Crippen molar-refractivity contribution in [3.8, 4) is 0 Å². The van der Waals surface area contributed by atoms with E-state index >= 15 is 0 Å². The zero-order chi connectivity index (χ0) is 14.2. The molecule has 0 bridgehead atoms. The van der Waals surface area contributed by atoms with E-state index in [1.165, 1.54) is 5.56 Å². The van der Waals surface area contributed by atoms with Crippen molar-refractivity contribution >= 4 is 5.91 Å². The summed E-state index contributed by atoms with van der Waals surface area (Å²) in [5.41, 5.74) is 2.17. The van der Waals surface area contributed by atoms with Gasteiger partial charge >= 0.3 is 0 Å². The number of hydrogen-bond acceptors (Lipinski definition) is 3. The molecule has 20 heavy (non-hydrogen) atoms. The monoisotopic (exact) mass is 269 g/mol. The highest BCUT2D eigenvalue weighted by atomic mass is 16.1. The SMILES string of the molecule is CC(NCC(=O)NCc1cccnc1)c1ccccc1. The third-order valence-electron chi connectivity index (χ3n) is 3.08. The predicted molar refractivity (Wildman–Crippen MR) is 78.9 cm³/mol. The molecule has 4 nitrogen and oxygen atoms in total. The van der Waals surface area contributed by atoms with Crippen LogP contribution in [0.3, 0.4) is 0 Å². The van der Waals surface area contributed by atoms with Crippen molar-refractivity contribution in [3.05, 3.63) is 66.0 Å². The minimum absolute atomic E-state index is 0.0170. The fourth-order valence-corrected chi connectivity index (χ4v) is 1.87. The van der Waals surface area contributed by atoms with Crippen molar-refractivity contribution in [1.82, 2.24) is 15.6 Å². The fourth-order valence-electron chi connectivity index (χ4n) is 1.87. The lowest BCUT2D eigenvalue weighted by atomic mass is 10.1. The number of aromatic nitrogens is 1. The lowest BCUT2D eigenvalue weighted by molar-refractivity contribution is -0.120. The number of pyridine rings is 1. The molecule has 2 N–H and O–H groups in total. The van der Waals surface area contributed by atoms with E-state index in [0.717, 1.165) is 5.56 Å². The first-order chi connectivity index (χ1) is 9.75. The molecule has 0 aliphatic rings. The first kappa shape index (κ1) is 14.2. The van der Waals surface area contributed by atoms with Crippen molar-refractivity contribution in [1.29, 1.82) is 0 Å². The third-order valence-corrected chi connectivity index (χ3v) is 3.08. The molecular formula is C16H19N3O. The van der Waals surface area contributed by atoms with E-state index in [-0.39, 0.29) is 11.9 Å². The summed E-state index contributed by atoms with van der Waals surface area (Å²) in [5, 5.41) is 6.07. The molecule has 1 aromatic carbocycles. The van der Waals surface area contributed by atoms with E-state index in [4.69, 9.17) is 0 Å². The molecule has 1 atom stereocenters. The number of carbonyl (C=O) groups is 1. The Hall–Kier alpha value is -2.20. The second kappa shape index (κ2) is 7.40. The first-order valence-corrected chi connectivity index (χ1v) is 6.69. The highest BCUT2D eigenvalue weighted by molar-refractivity contribution is 5.78. The van der Waals surface area contributed by atoms with Gasteiger partial charge in [-0.15, -0.1) is 0 Å². The van der Waals surface area contributed by atoms with Crippen molar-refractivity contribution in [3.63, 3.8) is 0 Å². The minimum atomic E-state index is -0.0170. The Bertz CT molecular complexity index is 528. The van der Waals surface area contributed by atoms with Gasteiger partial charge in [-0.05, 0) is 24.1 Å². The van der Waals surface area contributed by atoms with E-state index in [9.17, 15) is 4.79 Å². The smallest absolute Gasteiger partial charge is 0.234 e. The van der Waals surface area contributed by atoms with E-state index in [2.05, 4.69) is 15.6 Å². The van der Waals surface area contributed by atoms with Crippen LogP contribution >= 0.6 is 0 Å². The van der Waals surface area contributed by atoms with Gasteiger partial charge in [0.05, 0.1) is 6.54 Å². The molecule has 0 fully saturated rings. The van der Waals surface area contributed by atoms with Crippen LogP contribution in [0.5, 0.6) is 0 Å². The molecule has 1 unspecified atom stereocenters. The van der Waals surface area contributed by atoms with Crippen LogP contribution in [0, 0.1) is 0 Å². The van der Waals surface area contributed by atoms with Crippen LogP contribution in [0.4, 0.5) is 0 Å². The third kappa shape index (κ3) is 4.48. The molecule has 2 aromatic rings. The van der Waals surface area contributed by atoms with Gasteiger partial charge in [0.25, 0.3) is 0 Å². The number of amides is 1. The molecule has 1 aromatic heterocycles. The fraction of sp³-hybridized carbons (Fsp3) is 0.250. The van der Waals surface area contributed by atoms with Gasteiger partial charge in [0.1, 0.15) is 0 Å². The van der Waals surface area contributed by atoms with Gasteiger partial charge in [0.15, 0.2) is 0 Å². The summed E-state index contributed by atoms with van der Waals surface area (Å²) in [6.45, 7) is 2.86. The number of benzene rings is 1. The lowest BCUT2D eigenvalue weighted by Crippen LogP contribution is -2.34. The minimum Gasteiger partial charge on any atom is -0.351 e. The summed E-state index contributed by atoms with van der Waals surface area (Å²) in [5.74, 6) is -0.0170. The Morgan fingerprint density at radius 3 is 2.70 bits per heavy atom. The molecule has 0 saturated heterocycles. The van der Waals surface area contributed by atoms with E-state index in [1.54, 1.807) is 12.4 Å². The molecular weight excluding hydrogens is 250 g/mol. The van der Waals surface area contributed by atoms with Gasteiger partial charge in [0.2, 0.25) is 5.91 Å². The van der Waals surface area contributed by atoms with E-state index in [0.29, 0.717) is 13.1 Å². The van der Waals surface area contributed by atoms with Gasteiger partial charge in [-0.1, -0.05) is 36.4 Å². The molecule has 2 rings (SSSR count). The van der Waals surface area contributed by atoms with Crippen LogP contribution in [0.2, 0.25) is 0 Å².